The van der Waals surface area contributed by atoms with E-state index >= 15 is 0 Å². The molecule has 0 aliphatic rings. The molecule has 0 aliphatic carbocycles. The number of H-pyrrole nitrogens is 1. The molecule has 6 nitrogen and oxygen atoms in total. The van der Waals surface area contributed by atoms with E-state index in [2.05, 4.69) is 25.8 Å². The van der Waals surface area contributed by atoms with E-state index in [-0.39, 0.29) is 5.91 Å². The van der Waals surface area contributed by atoms with Crippen molar-refractivity contribution in [3.8, 4) is 0 Å². The number of nitrogens with one attached hydrogen (secondary N) is 3. The molecule has 18 heavy (non-hydrogen) atoms. The number of anilines is 1. The van der Waals surface area contributed by atoms with Crippen LogP contribution in [0, 0.1) is 6.92 Å². The average molecular weight is 245 g/mol. The Morgan fingerprint density at radius 3 is 2.94 bits per heavy atom. The van der Waals surface area contributed by atoms with Crippen LogP contribution in [0.25, 0.3) is 0 Å². The van der Waals surface area contributed by atoms with Crippen LogP contribution in [0.1, 0.15) is 21.6 Å². The number of carbonyl (C=O) groups excluding carboxylic acids is 1. The largest absolute Gasteiger partial charge is 0.387 e. The van der Waals surface area contributed by atoms with Gasteiger partial charge in [-0.3, -0.25) is 14.9 Å². The maximum absolute atomic E-state index is 12.0. The number of carbonyl (C=O) groups is 1. The van der Waals surface area contributed by atoms with Crippen molar-refractivity contribution in [2.45, 2.75) is 13.5 Å². The van der Waals surface area contributed by atoms with Gasteiger partial charge in [-0.2, -0.15) is 5.10 Å². The van der Waals surface area contributed by atoms with Gasteiger partial charge in [-0.1, -0.05) is 0 Å². The summed E-state index contributed by atoms with van der Waals surface area (Å²) in [5, 5.41) is 12.3. The molecule has 94 valence electrons. The molecule has 2 rings (SSSR count). The number of hydrogen-bond donors (Lipinski definition) is 3. The molecule has 3 N–H and O–H groups in total. The molecule has 2 aromatic heterocycles. The SMILES string of the molecule is CNc1cc(C)ncc1C(=O)NCc1cn[nH]c1. The number of pyridine rings is 1. The normalized spacial score (nSPS) is 10.1. The summed E-state index contributed by atoms with van der Waals surface area (Å²) in [6.45, 7) is 2.32. The first-order valence-electron chi connectivity index (χ1n) is 5.61. The minimum atomic E-state index is -0.159. The summed E-state index contributed by atoms with van der Waals surface area (Å²) in [6, 6.07) is 1.84. The summed E-state index contributed by atoms with van der Waals surface area (Å²) in [7, 11) is 1.78. The molecule has 0 fully saturated rings. The Labute approximate surface area is 105 Å². The Kier molecular flexibility index (Phi) is 3.57. The minimum Gasteiger partial charge on any atom is -0.387 e. The predicted molar refractivity (Wildman–Crippen MR) is 68.3 cm³/mol. The van der Waals surface area contributed by atoms with Gasteiger partial charge in [-0.05, 0) is 13.0 Å². The van der Waals surface area contributed by atoms with Gasteiger partial charge >= 0.3 is 0 Å². The van der Waals surface area contributed by atoms with E-state index in [0.29, 0.717) is 12.1 Å². The first kappa shape index (κ1) is 12.1. The van der Waals surface area contributed by atoms with Crippen molar-refractivity contribution in [2.75, 3.05) is 12.4 Å². The summed E-state index contributed by atoms with van der Waals surface area (Å²) in [6.07, 6.45) is 4.99. The van der Waals surface area contributed by atoms with Crippen molar-refractivity contribution >= 4 is 11.6 Å². The van der Waals surface area contributed by atoms with Gasteiger partial charge in [0.05, 0.1) is 17.4 Å². The zero-order valence-corrected chi connectivity index (χ0v) is 10.3. The average Bonchev–Trinajstić information content (AvgIpc) is 2.88. The standard InChI is InChI=1S/C12H15N5O/c1-8-3-11(13-2)10(7-14-8)12(18)15-4-9-5-16-17-6-9/h3,5-7H,4H2,1-2H3,(H,13,14)(H,15,18)(H,16,17). The monoisotopic (exact) mass is 245 g/mol. The van der Waals surface area contributed by atoms with Gasteiger partial charge < -0.3 is 10.6 Å². The third kappa shape index (κ3) is 2.65. The van der Waals surface area contributed by atoms with Crippen LogP contribution in [0.3, 0.4) is 0 Å². The van der Waals surface area contributed by atoms with Crippen LogP contribution in [0.2, 0.25) is 0 Å². The second-order valence-electron chi connectivity index (χ2n) is 3.91. The molecular formula is C12H15N5O. The molecule has 0 saturated carbocycles. The van der Waals surface area contributed by atoms with Crippen molar-refractivity contribution < 1.29 is 4.79 Å². The van der Waals surface area contributed by atoms with Gasteiger partial charge in [0.15, 0.2) is 0 Å². The number of aromatic amines is 1. The summed E-state index contributed by atoms with van der Waals surface area (Å²) >= 11 is 0. The molecule has 0 unspecified atom stereocenters. The third-order valence-corrected chi connectivity index (χ3v) is 2.56. The first-order valence-corrected chi connectivity index (χ1v) is 5.61. The van der Waals surface area contributed by atoms with Crippen molar-refractivity contribution in [2.24, 2.45) is 0 Å². The predicted octanol–water partition coefficient (Wildman–Crippen LogP) is 1.08. The fraction of sp³-hybridized carbons (Fsp3) is 0.250. The highest BCUT2D eigenvalue weighted by Crippen LogP contribution is 2.14. The van der Waals surface area contributed by atoms with Crippen LogP contribution in [0.15, 0.2) is 24.7 Å². The van der Waals surface area contributed by atoms with E-state index < -0.39 is 0 Å². The second kappa shape index (κ2) is 5.31. The molecule has 2 heterocycles. The zero-order chi connectivity index (χ0) is 13.0. The molecule has 0 spiro atoms. The number of hydrogen-bond acceptors (Lipinski definition) is 4. The Balaban J connectivity index is 2.09. The first-order chi connectivity index (χ1) is 8.70. The summed E-state index contributed by atoms with van der Waals surface area (Å²) in [5.74, 6) is -0.159. The van der Waals surface area contributed by atoms with Crippen LogP contribution in [0.4, 0.5) is 5.69 Å². The zero-order valence-electron chi connectivity index (χ0n) is 10.3. The number of amides is 1. The van der Waals surface area contributed by atoms with E-state index in [4.69, 9.17) is 0 Å². The van der Waals surface area contributed by atoms with Crippen molar-refractivity contribution in [1.82, 2.24) is 20.5 Å². The van der Waals surface area contributed by atoms with E-state index in [1.165, 1.54) is 0 Å². The molecule has 0 aromatic carbocycles. The van der Waals surface area contributed by atoms with Gasteiger partial charge in [0.2, 0.25) is 0 Å². The minimum absolute atomic E-state index is 0.159. The maximum atomic E-state index is 12.0. The van der Waals surface area contributed by atoms with Gasteiger partial charge in [-0.15, -0.1) is 0 Å². The lowest BCUT2D eigenvalue weighted by Crippen LogP contribution is -2.23. The van der Waals surface area contributed by atoms with Gasteiger partial charge in [0.25, 0.3) is 5.91 Å². The Morgan fingerprint density at radius 1 is 1.44 bits per heavy atom. The highest BCUT2D eigenvalue weighted by Gasteiger charge is 2.11. The summed E-state index contributed by atoms with van der Waals surface area (Å²) in [4.78, 5) is 16.1. The van der Waals surface area contributed by atoms with E-state index in [0.717, 1.165) is 16.9 Å². The van der Waals surface area contributed by atoms with Crippen molar-refractivity contribution in [3.05, 3.63) is 41.5 Å². The van der Waals surface area contributed by atoms with E-state index in [1.807, 2.05) is 13.0 Å². The number of nitrogens with zero attached hydrogens (tertiary/aromatic N) is 2. The molecule has 0 radical (unpaired) electrons. The highest BCUT2D eigenvalue weighted by molar-refractivity contribution is 5.99. The molecule has 2 aromatic rings. The molecule has 0 aliphatic heterocycles. The molecule has 1 amide bonds. The van der Waals surface area contributed by atoms with Crippen LogP contribution in [-0.2, 0) is 6.54 Å². The number of aryl methyl sites for hydroxylation is 1. The Bertz CT molecular complexity index is 535. The Hall–Kier alpha value is -2.37. The van der Waals surface area contributed by atoms with Crippen LogP contribution >= 0.6 is 0 Å². The van der Waals surface area contributed by atoms with Crippen LogP contribution in [0.5, 0.6) is 0 Å². The fourth-order valence-electron chi connectivity index (χ4n) is 1.60. The molecule has 0 bridgehead atoms. The molecule has 0 atom stereocenters. The van der Waals surface area contributed by atoms with Gasteiger partial charge in [-0.25, -0.2) is 0 Å². The number of aromatic nitrogens is 3. The lowest BCUT2D eigenvalue weighted by atomic mass is 10.2. The summed E-state index contributed by atoms with van der Waals surface area (Å²) < 4.78 is 0. The quantitative estimate of drug-likeness (QED) is 0.753. The lowest BCUT2D eigenvalue weighted by Gasteiger charge is -2.09. The molecular weight excluding hydrogens is 230 g/mol. The Morgan fingerprint density at radius 2 is 2.28 bits per heavy atom. The molecule has 6 heteroatoms. The van der Waals surface area contributed by atoms with Crippen LogP contribution in [-0.4, -0.2) is 28.1 Å². The smallest absolute Gasteiger partial charge is 0.255 e. The highest BCUT2D eigenvalue weighted by atomic mass is 16.1. The lowest BCUT2D eigenvalue weighted by molar-refractivity contribution is 0.0951. The number of rotatable bonds is 4. The second-order valence-corrected chi connectivity index (χ2v) is 3.91. The maximum Gasteiger partial charge on any atom is 0.255 e. The van der Waals surface area contributed by atoms with Crippen molar-refractivity contribution in [1.29, 1.82) is 0 Å². The topological polar surface area (TPSA) is 82.7 Å². The van der Waals surface area contributed by atoms with Crippen molar-refractivity contribution in [3.63, 3.8) is 0 Å². The third-order valence-electron chi connectivity index (χ3n) is 2.56. The molecule has 0 saturated heterocycles. The summed E-state index contributed by atoms with van der Waals surface area (Å²) in [5.41, 5.74) is 3.10. The van der Waals surface area contributed by atoms with E-state index in [9.17, 15) is 4.79 Å². The van der Waals surface area contributed by atoms with Gasteiger partial charge in [0, 0.05) is 37.2 Å². The van der Waals surface area contributed by atoms with Crippen LogP contribution < -0.4 is 10.6 Å². The fourth-order valence-corrected chi connectivity index (χ4v) is 1.60. The van der Waals surface area contributed by atoms with E-state index in [1.54, 1.807) is 25.6 Å². The van der Waals surface area contributed by atoms with Gasteiger partial charge in [0.1, 0.15) is 0 Å².